The number of halogens is 1. The molecule has 0 saturated carbocycles. The second-order valence-electron chi connectivity index (χ2n) is 2.22. The number of thioether (sulfide) groups is 1. The van der Waals surface area contributed by atoms with Gasteiger partial charge in [0.05, 0.1) is 5.70 Å². The monoisotopic (exact) mass is 174 g/mol. The van der Waals surface area contributed by atoms with Crippen LogP contribution in [0.15, 0.2) is 22.5 Å². The highest BCUT2D eigenvalue weighted by molar-refractivity contribution is 8.02. The third-order valence-corrected chi connectivity index (χ3v) is 2.90. The molecule has 1 N–H and O–H groups in total. The smallest absolute Gasteiger partial charge is 0.156 e. The minimum Gasteiger partial charge on any atom is -0.345 e. The number of hydrogen-bond donors (Lipinski definition) is 1. The second-order valence-corrected chi connectivity index (χ2v) is 3.59. The van der Waals surface area contributed by atoms with Crippen molar-refractivity contribution in [2.24, 2.45) is 0 Å². The summed E-state index contributed by atoms with van der Waals surface area (Å²) in [6.07, 6.45) is 2.03. The molecule has 0 aliphatic carbocycles. The molecule has 0 aromatic rings. The number of fused-ring (bicyclic) bond motifs is 1. The predicted molar refractivity (Wildman–Crippen MR) is 44.0 cm³/mol. The SMILES string of the molecule is CC1=C(Cl)NC2SC=CN12. The van der Waals surface area contributed by atoms with E-state index < -0.39 is 0 Å². The molecular weight excluding hydrogens is 168 g/mol. The maximum absolute atomic E-state index is 5.84. The highest BCUT2D eigenvalue weighted by atomic mass is 35.5. The summed E-state index contributed by atoms with van der Waals surface area (Å²) in [4.78, 5) is 2.12. The second kappa shape index (κ2) is 2.10. The van der Waals surface area contributed by atoms with Crippen LogP contribution in [0.5, 0.6) is 0 Å². The van der Waals surface area contributed by atoms with Gasteiger partial charge in [-0.05, 0) is 12.3 Å². The predicted octanol–water partition coefficient (Wildman–Crippen LogP) is 1.82. The molecule has 0 aromatic carbocycles. The van der Waals surface area contributed by atoms with E-state index in [9.17, 15) is 0 Å². The first-order valence-electron chi connectivity index (χ1n) is 3.02. The Morgan fingerprint density at radius 1 is 1.80 bits per heavy atom. The van der Waals surface area contributed by atoms with Crippen molar-refractivity contribution in [1.29, 1.82) is 0 Å². The largest absolute Gasteiger partial charge is 0.345 e. The Balaban J connectivity index is 2.30. The van der Waals surface area contributed by atoms with Crippen LogP contribution in [0.4, 0.5) is 0 Å². The van der Waals surface area contributed by atoms with Crippen molar-refractivity contribution in [3.63, 3.8) is 0 Å². The summed E-state index contributed by atoms with van der Waals surface area (Å²) in [5.74, 6) is 0. The standard InChI is InChI=1S/C6H7ClN2S/c1-4-5(7)8-6-9(4)2-3-10-6/h2-3,6,8H,1H3. The average molecular weight is 175 g/mol. The molecule has 0 saturated heterocycles. The number of nitrogens with zero attached hydrogens (tertiary/aromatic N) is 1. The summed E-state index contributed by atoms with van der Waals surface area (Å²) < 4.78 is 0. The number of hydrogen-bond acceptors (Lipinski definition) is 3. The molecule has 1 unspecified atom stereocenters. The van der Waals surface area contributed by atoms with Gasteiger partial charge in [-0.2, -0.15) is 0 Å². The van der Waals surface area contributed by atoms with Gasteiger partial charge in [0.1, 0.15) is 5.16 Å². The molecular formula is C6H7ClN2S. The molecule has 0 radical (unpaired) electrons. The highest BCUT2D eigenvalue weighted by Crippen LogP contribution is 2.33. The topological polar surface area (TPSA) is 15.3 Å². The molecule has 0 amide bonds. The van der Waals surface area contributed by atoms with Gasteiger partial charge in [0.15, 0.2) is 5.50 Å². The van der Waals surface area contributed by atoms with Crippen molar-refractivity contribution < 1.29 is 0 Å². The molecule has 54 valence electrons. The lowest BCUT2D eigenvalue weighted by molar-refractivity contribution is 0.462. The first-order chi connectivity index (χ1) is 4.79. The van der Waals surface area contributed by atoms with Gasteiger partial charge in [-0.1, -0.05) is 23.4 Å². The molecule has 2 heterocycles. The summed E-state index contributed by atoms with van der Waals surface area (Å²) in [6, 6.07) is 0. The lowest BCUT2D eigenvalue weighted by Crippen LogP contribution is -2.26. The van der Waals surface area contributed by atoms with Crippen LogP contribution in [-0.4, -0.2) is 10.4 Å². The fourth-order valence-electron chi connectivity index (χ4n) is 1.04. The lowest BCUT2D eigenvalue weighted by atomic mass is 10.5. The van der Waals surface area contributed by atoms with Gasteiger partial charge in [-0.3, -0.25) is 0 Å². The van der Waals surface area contributed by atoms with Crippen LogP contribution < -0.4 is 5.32 Å². The molecule has 1 atom stereocenters. The zero-order valence-electron chi connectivity index (χ0n) is 5.47. The summed E-state index contributed by atoms with van der Waals surface area (Å²) in [7, 11) is 0. The van der Waals surface area contributed by atoms with Crippen LogP contribution in [0.25, 0.3) is 0 Å². The van der Waals surface area contributed by atoms with Crippen molar-refractivity contribution >= 4 is 23.4 Å². The lowest BCUT2D eigenvalue weighted by Gasteiger charge is -2.15. The number of nitrogens with one attached hydrogen (secondary N) is 1. The third kappa shape index (κ3) is 0.739. The van der Waals surface area contributed by atoms with E-state index in [0.717, 1.165) is 10.9 Å². The van der Waals surface area contributed by atoms with Crippen molar-refractivity contribution in [1.82, 2.24) is 10.2 Å². The average Bonchev–Trinajstić information content (AvgIpc) is 2.41. The fraction of sp³-hybridized carbons (Fsp3) is 0.333. The number of allylic oxidation sites excluding steroid dienone is 1. The van der Waals surface area contributed by atoms with Gasteiger partial charge in [-0.15, -0.1) is 0 Å². The zero-order chi connectivity index (χ0) is 7.14. The van der Waals surface area contributed by atoms with Crippen molar-refractivity contribution in [3.8, 4) is 0 Å². The molecule has 10 heavy (non-hydrogen) atoms. The number of rotatable bonds is 0. The van der Waals surface area contributed by atoms with Gasteiger partial charge < -0.3 is 10.2 Å². The Labute approximate surface area is 68.9 Å². The van der Waals surface area contributed by atoms with E-state index in [1.165, 1.54) is 0 Å². The van der Waals surface area contributed by atoms with Crippen molar-refractivity contribution in [3.05, 3.63) is 22.5 Å². The Hall–Kier alpha value is -0.280. The molecule has 2 aliphatic heterocycles. The third-order valence-electron chi connectivity index (χ3n) is 1.64. The van der Waals surface area contributed by atoms with E-state index in [1.54, 1.807) is 11.8 Å². The van der Waals surface area contributed by atoms with Crippen LogP contribution in [0.3, 0.4) is 0 Å². The van der Waals surface area contributed by atoms with Gasteiger partial charge in [0.25, 0.3) is 0 Å². The first-order valence-corrected chi connectivity index (χ1v) is 4.34. The molecule has 2 aliphatic rings. The quantitative estimate of drug-likeness (QED) is 0.564. The maximum atomic E-state index is 5.84. The molecule has 0 spiro atoms. The zero-order valence-corrected chi connectivity index (χ0v) is 7.04. The summed E-state index contributed by atoms with van der Waals surface area (Å²) in [6.45, 7) is 2.01. The van der Waals surface area contributed by atoms with Crippen molar-refractivity contribution in [2.75, 3.05) is 0 Å². The van der Waals surface area contributed by atoms with Crippen molar-refractivity contribution in [2.45, 2.75) is 12.4 Å². The summed E-state index contributed by atoms with van der Waals surface area (Å²) >= 11 is 7.57. The Bertz CT molecular complexity index is 224. The minimum absolute atomic E-state index is 0.312. The van der Waals surface area contributed by atoms with Crippen LogP contribution in [0.1, 0.15) is 6.92 Å². The normalized spacial score (nSPS) is 29.4. The van der Waals surface area contributed by atoms with Crippen LogP contribution in [-0.2, 0) is 0 Å². The van der Waals surface area contributed by atoms with E-state index in [-0.39, 0.29) is 0 Å². The molecule has 2 rings (SSSR count). The Kier molecular flexibility index (Phi) is 1.35. The van der Waals surface area contributed by atoms with E-state index in [2.05, 4.69) is 15.6 Å². The van der Waals surface area contributed by atoms with Crippen LogP contribution >= 0.6 is 23.4 Å². The summed E-state index contributed by atoms with van der Waals surface area (Å²) in [5.41, 5.74) is 1.42. The molecule has 0 bridgehead atoms. The van der Waals surface area contributed by atoms with Gasteiger partial charge >= 0.3 is 0 Å². The van der Waals surface area contributed by atoms with E-state index in [0.29, 0.717) is 5.50 Å². The Morgan fingerprint density at radius 2 is 2.60 bits per heavy atom. The summed E-state index contributed by atoms with van der Waals surface area (Å²) in [5, 5.41) is 5.96. The molecule has 0 fully saturated rings. The maximum Gasteiger partial charge on any atom is 0.156 e. The molecule has 4 heteroatoms. The van der Waals surface area contributed by atoms with E-state index in [1.807, 2.05) is 13.1 Å². The van der Waals surface area contributed by atoms with Crippen LogP contribution in [0, 0.1) is 0 Å². The molecule has 2 nitrogen and oxygen atoms in total. The van der Waals surface area contributed by atoms with Gasteiger partial charge in [-0.25, -0.2) is 0 Å². The van der Waals surface area contributed by atoms with Crippen LogP contribution in [0.2, 0.25) is 0 Å². The highest BCUT2D eigenvalue weighted by Gasteiger charge is 2.28. The molecule has 0 aromatic heterocycles. The Morgan fingerprint density at radius 3 is 3.30 bits per heavy atom. The minimum atomic E-state index is 0.312. The van der Waals surface area contributed by atoms with Gasteiger partial charge in [0.2, 0.25) is 0 Å². The van der Waals surface area contributed by atoms with E-state index >= 15 is 0 Å². The van der Waals surface area contributed by atoms with Gasteiger partial charge in [0, 0.05) is 6.20 Å². The fourth-order valence-corrected chi connectivity index (χ4v) is 2.20. The first kappa shape index (κ1) is 6.43. The van der Waals surface area contributed by atoms with E-state index in [4.69, 9.17) is 11.6 Å².